The Morgan fingerprint density at radius 2 is 2.10 bits per heavy atom. The molecule has 1 aromatic carbocycles. The van der Waals surface area contributed by atoms with E-state index in [1.807, 2.05) is 32.0 Å². The van der Waals surface area contributed by atoms with Crippen molar-refractivity contribution in [3.63, 3.8) is 0 Å². The second kappa shape index (κ2) is 5.77. The Bertz CT molecular complexity index is 632. The molecule has 0 aliphatic carbocycles. The van der Waals surface area contributed by atoms with Crippen LogP contribution in [-0.2, 0) is 6.54 Å². The summed E-state index contributed by atoms with van der Waals surface area (Å²) in [7, 11) is 0. The molecule has 1 heterocycles. The summed E-state index contributed by atoms with van der Waals surface area (Å²) in [6.07, 6.45) is 0. The molecule has 0 radical (unpaired) electrons. The third-order valence-corrected chi connectivity index (χ3v) is 3.24. The van der Waals surface area contributed by atoms with Gasteiger partial charge in [0.15, 0.2) is 0 Å². The molecule has 0 fully saturated rings. The number of rotatable bonds is 5. The molecule has 20 heavy (non-hydrogen) atoms. The number of carbonyl (C=O) groups is 1. The normalized spacial score (nSPS) is 10.6. The van der Waals surface area contributed by atoms with Crippen LogP contribution < -0.4 is 4.74 Å². The molecule has 2 aromatic rings. The summed E-state index contributed by atoms with van der Waals surface area (Å²) < 4.78 is 7.17. The average molecular weight is 274 g/mol. The van der Waals surface area contributed by atoms with Crippen LogP contribution in [0.1, 0.15) is 27.3 Å². The molecule has 0 aliphatic rings. The highest BCUT2D eigenvalue weighted by molar-refractivity contribution is 5.85. The minimum absolute atomic E-state index is 0.187. The Morgan fingerprint density at radius 1 is 1.35 bits per heavy atom. The largest absolute Gasteiger partial charge is 0.491 e. The Kier molecular flexibility index (Phi) is 4.08. The van der Waals surface area contributed by atoms with Gasteiger partial charge in [-0.2, -0.15) is 5.10 Å². The molecule has 0 aliphatic heterocycles. The number of ether oxygens (including phenoxy) is 1. The van der Waals surface area contributed by atoms with E-state index in [1.54, 1.807) is 13.0 Å². The Balaban J connectivity index is 2.03. The van der Waals surface area contributed by atoms with Gasteiger partial charge in [0, 0.05) is 0 Å². The lowest BCUT2D eigenvalue weighted by Crippen LogP contribution is -2.15. The van der Waals surface area contributed by atoms with Crippen LogP contribution in [0.3, 0.4) is 0 Å². The van der Waals surface area contributed by atoms with Crippen molar-refractivity contribution in [1.82, 2.24) is 9.78 Å². The number of carboxylic acid groups (broad SMARTS) is 1. The molecule has 0 saturated heterocycles. The zero-order chi connectivity index (χ0) is 14.7. The van der Waals surface area contributed by atoms with E-state index in [-0.39, 0.29) is 5.69 Å². The van der Waals surface area contributed by atoms with E-state index in [0.717, 1.165) is 11.3 Å². The molecule has 0 bridgehead atoms. The van der Waals surface area contributed by atoms with Crippen molar-refractivity contribution < 1.29 is 14.6 Å². The van der Waals surface area contributed by atoms with Crippen molar-refractivity contribution in [2.45, 2.75) is 27.3 Å². The van der Waals surface area contributed by atoms with Crippen molar-refractivity contribution >= 4 is 5.97 Å². The van der Waals surface area contributed by atoms with Gasteiger partial charge in [-0.15, -0.1) is 0 Å². The van der Waals surface area contributed by atoms with E-state index >= 15 is 0 Å². The number of nitrogens with zero attached hydrogens (tertiary/aromatic N) is 2. The van der Waals surface area contributed by atoms with Gasteiger partial charge in [-0.1, -0.05) is 12.1 Å². The van der Waals surface area contributed by atoms with E-state index in [0.29, 0.717) is 18.8 Å². The lowest BCUT2D eigenvalue weighted by Gasteiger charge is -2.11. The highest BCUT2D eigenvalue weighted by Crippen LogP contribution is 2.20. The van der Waals surface area contributed by atoms with E-state index in [2.05, 4.69) is 5.10 Å². The fraction of sp³-hybridized carbons (Fsp3) is 0.333. The minimum atomic E-state index is -0.975. The number of hydrogen-bond acceptors (Lipinski definition) is 3. The molecule has 106 valence electrons. The topological polar surface area (TPSA) is 64.3 Å². The van der Waals surface area contributed by atoms with Gasteiger partial charge in [0.05, 0.1) is 12.2 Å². The fourth-order valence-corrected chi connectivity index (χ4v) is 2.01. The third kappa shape index (κ3) is 2.99. The lowest BCUT2D eigenvalue weighted by molar-refractivity contribution is 0.0682. The summed E-state index contributed by atoms with van der Waals surface area (Å²) in [5, 5.41) is 13.2. The molecule has 0 spiro atoms. The first-order valence-electron chi connectivity index (χ1n) is 6.46. The highest BCUT2D eigenvalue weighted by Gasteiger charge is 2.12. The van der Waals surface area contributed by atoms with Crippen LogP contribution >= 0.6 is 0 Å². The van der Waals surface area contributed by atoms with Gasteiger partial charge in [-0.25, -0.2) is 4.79 Å². The number of benzene rings is 1. The molecule has 0 amide bonds. The molecular formula is C15H18N2O3. The van der Waals surface area contributed by atoms with Gasteiger partial charge in [-0.05, 0) is 44.0 Å². The van der Waals surface area contributed by atoms with Gasteiger partial charge in [0.1, 0.15) is 18.1 Å². The van der Waals surface area contributed by atoms with Crippen LogP contribution in [0.2, 0.25) is 0 Å². The second-order valence-electron chi connectivity index (χ2n) is 4.75. The van der Waals surface area contributed by atoms with E-state index in [9.17, 15) is 4.79 Å². The monoisotopic (exact) mass is 274 g/mol. The smallest absolute Gasteiger partial charge is 0.354 e. The SMILES string of the molecule is Cc1cc(C(=O)O)n(CCOc2cccc(C)c2C)n1. The van der Waals surface area contributed by atoms with Gasteiger partial charge < -0.3 is 9.84 Å². The number of aromatic carboxylic acids is 1. The number of carboxylic acids is 1. The van der Waals surface area contributed by atoms with E-state index in [4.69, 9.17) is 9.84 Å². The third-order valence-electron chi connectivity index (χ3n) is 3.24. The van der Waals surface area contributed by atoms with E-state index < -0.39 is 5.97 Å². The highest BCUT2D eigenvalue weighted by atomic mass is 16.5. The zero-order valence-electron chi connectivity index (χ0n) is 11.9. The molecular weight excluding hydrogens is 256 g/mol. The summed E-state index contributed by atoms with van der Waals surface area (Å²) >= 11 is 0. The molecule has 1 N–H and O–H groups in total. The number of aryl methyl sites for hydroxylation is 2. The van der Waals surface area contributed by atoms with Crippen molar-refractivity contribution in [3.05, 3.63) is 46.8 Å². The number of hydrogen-bond donors (Lipinski definition) is 1. The van der Waals surface area contributed by atoms with Gasteiger partial charge in [0.2, 0.25) is 0 Å². The van der Waals surface area contributed by atoms with Crippen LogP contribution in [0.5, 0.6) is 5.75 Å². The fourth-order valence-electron chi connectivity index (χ4n) is 2.01. The summed E-state index contributed by atoms with van der Waals surface area (Å²) in [6, 6.07) is 7.44. The maximum Gasteiger partial charge on any atom is 0.354 e. The molecule has 5 heteroatoms. The van der Waals surface area contributed by atoms with Gasteiger partial charge in [0.25, 0.3) is 0 Å². The van der Waals surface area contributed by atoms with Crippen molar-refractivity contribution in [1.29, 1.82) is 0 Å². The lowest BCUT2D eigenvalue weighted by atomic mass is 10.1. The minimum Gasteiger partial charge on any atom is -0.491 e. The second-order valence-corrected chi connectivity index (χ2v) is 4.75. The molecule has 1 aromatic heterocycles. The van der Waals surface area contributed by atoms with Crippen molar-refractivity contribution in [2.75, 3.05) is 6.61 Å². The van der Waals surface area contributed by atoms with Gasteiger partial charge >= 0.3 is 5.97 Å². The predicted molar refractivity (Wildman–Crippen MR) is 75.3 cm³/mol. The molecule has 5 nitrogen and oxygen atoms in total. The predicted octanol–water partition coefficient (Wildman–Crippen LogP) is 2.59. The Labute approximate surface area is 117 Å². The van der Waals surface area contributed by atoms with Crippen LogP contribution in [0, 0.1) is 20.8 Å². The average Bonchev–Trinajstić information content (AvgIpc) is 2.76. The van der Waals surface area contributed by atoms with Crippen LogP contribution in [0.4, 0.5) is 0 Å². The Morgan fingerprint density at radius 3 is 2.80 bits per heavy atom. The summed E-state index contributed by atoms with van der Waals surface area (Å²) in [6.45, 7) is 6.59. The summed E-state index contributed by atoms with van der Waals surface area (Å²) in [4.78, 5) is 11.1. The van der Waals surface area contributed by atoms with Gasteiger partial charge in [-0.3, -0.25) is 4.68 Å². The first-order chi connectivity index (χ1) is 9.49. The quantitative estimate of drug-likeness (QED) is 0.910. The molecule has 2 rings (SSSR count). The maximum absolute atomic E-state index is 11.1. The maximum atomic E-state index is 11.1. The van der Waals surface area contributed by atoms with Crippen molar-refractivity contribution in [3.8, 4) is 5.75 Å². The first kappa shape index (κ1) is 14.1. The van der Waals surface area contributed by atoms with Crippen LogP contribution in [0.25, 0.3) is 0 Å². The Hall–Kier alpha value is -2.30. The van der Waals surface area contributed by atoms with Crippen LogP contribution in [-0.4, -0.2) is 27.5 Å². The van der Waals surface area contributed by atoms with Crippen molar-refractivity contribution in [2.24, 2.45) is 0 Å². The standard InChI is InChI=1S/C15H18N2O3/c1-10-5-4-6-14(12(10)3)20-8-7-17-13(15(18)19)9-11(2)16-17/h4-6,9H,7-8H2,1-3H3,(H,18,19). The van der Waals surface area contributed by atoms with Crippen LogP contribution in [0.15, 0.2) is 24.3 Å². The first-order valence-corrected chi connectivity index (χ1v) is 6.46. The molecule has 0 atom stereocenters. The summed E-state index contributed by atoms with van der Waals surface area (Å²) in [5.74, 6) is -0.150. The number of aromatic nitrogens is 2. The molecule has 0 unspecified atom stereocenters. The summed E-state index contributed by atoms with van der Waals surface area (Å²) in [5.41, 5.74) is 3.15. The molecule has 0 saturated carbocycles. The van der Waals surface area contributed by atoms with E-state index in [1.165, 1.54) is 10.2 Å². The zero-order valence-corrected chi connectivity index (χ0v) is 11.9.